The van der Waals surface area contributed by atoms with Crippen LogP contribution in [0.1, 0.15) is 10.5 Å². The van der Waals surface area contributed by atoms with Crippen LogP contribution >= 0.6 is 0 Å². The normalized spacial score (nSPS) is 10.1. The molecule has 0 spiro atoms. The number of halogens is 1. The summed E-state index contributed by atoms with van der Waals surface area (Å²) in [4.78, 5) is 15.5. The Morgan fingerprint density at radius 1 is 1.39 bits per heavy atom. The van der Waals surface area contributed by atoms with E-state index in [1.54, 1.807) is 0 Å². The number of nitrogens with two attached hydrogens (primary N) is 1. The number of carbonyl (C=O) groups is 1. The van der Waals surface area contributed by atoms with Gasteiger partial charge in [-0.25, -0.2) is 9.37 Å². The van der Waals surface area contributed by atoms with Crippen LogP contribution in [0.3, 0.4) is 0 Å². The van der Waals surface area contributed by atoms with E-state index in [0.29, 0.717) is 0 Å². The first-order valence-corrected chi connectivity index (χ1v) is 5.08. The molecule has 1 aromatic heterocycles. The predicted molar refractivity (Wildman–Crippen MR) is 64.7 cm³/mol. The number of carbonyl (C=O) groups excluding carboxylic acids is 1. The number of benzene rings is 1. The largest absolute Gasteiger partial charge is 0.505 e. The fraction of sp³-hybridized carbons (Fsp3) is 0. The lowest BCUT2D eigenvalue weighted by atomic mass is 10.2. The second-order valence-electron chi connectivity index (χ2n) is 3.56. The Morgan fingerprint density at radius 3 is 2.89 bits per heavy atom. The van der Waals surface area contributed by atoms with Gasteiger partial charge < -0.3 is 16.2 Å². The first kappa shape index (κ1) is 11.8. The molecule has 0 aliphatic rings. The Kier molecular flexibility index (Phi) is 3.09. The highest BCUT2D eigenvalue weighted by atomic mass is 19.1. The van der Waals surface area contributed by atoms with Gasteiger partial charge in [-0.05, 0) is 30.3 Å². The zero-order valence-corrected chi connectivity index (χ0v) is 9.22. The number of pyridine rings is 1. The lowest BCUT2D eigenvalue weighted by molar-refractivity contribution is 0.101. The van der Waals surface area contributed by atoms with Crippen LogP contribution in [-0.4, -0.2) is 16.0 Å². The number of rotatable bonds is 2. The van der Waals surface area contributed by atoms with Crippen molar-refractivity contribution in [3.05, 3.63) is 48.0 Å². The van der Waals surface area contributed by atoms with Crippen LogP contribution in [0.2, 0.25) is 0 Å². The third-order valence-corrected chi connectivity index (χ3v) is 2.27. The van der Waals surface area contributed by atoms with E-state index in [4.69, 9.17) is 5.73 Å². The van der Waals surface area contributed by atoms with Gasteiger partial charge in [-0.2, -0.15) is 0 Å². The highest BCUT2D eigenvalue weighted by Crippen LogP contribution is 2.21. The van der Waals surface area contributed by atoms with E-state index in [9.17, 15) is 14.3 Å². The Hall–Kier alpha value is -2.63. The van der Waals surface area contributed by atoms with Crippen molar-refractivity contribution in [3.8, 4) is 5.75 Å². The first-order valence-electron chi connectivity index (χ1n) is 5.08. The molecule has 0 fully saturated rings. The molecule has 1 heterocycles. The number of hydrogen-bond acceptors (Lipinski definition) is 4. The van der Waals surface area contributed by atoms with Crippen LogP contribution < -0.4 is 11.1 Å². The van der Waals surface area contributed by atoms with Crippen molar-refractivity contribution in [2.45, 2.75) is 0 Å². The zero-order chi connectivity index (χ0) is 13.1. The summed E-state index contributed by atoms with van der Waals surface area (Å²) in [5.74, 6) is -1.44. The second kappa shape index (κ2) is 4.70. The quantitative estimate of drug-likeness (QED) is 0.705. The summed E-state index contributed by atoms with van der Waals surface area (Å²) in [6.07, 6.45) is 1.36. The molecule has 0 aliphatic carbocycles. The monoisotopic (exact) mass is 247 g/mol. The van der Waals surface area contributed by atoms with E-state index in [1.807, 2.05) is 0 Å². The summed E-state index contributed by atoms with van der Waals surface area (Å²) in [6, 6.07) is 6.43. The summed E-state index contributed by atoms with van der Waals surface area (Å²) in [6.45, 7) is 0. The smallest absolute Gasteiger partial charge is 0.278 e. The van der Waals surface area contributed by atoms with Gasteiger partial charge in [0, 0.05) is 6.20 Å². The van der Waals surface area contributed by atoms with Gasteiger partial charge in [0.2, 0.25) is 0 Å². The maximum absolute atomic E-state index is 13.0. The molecule has 2 rings (SSSR count). The summed E-state index contributed by atoms with van der Waals surface area (Å²) in [5.41, 5.74) is 5.79. The van der Waals surface area contributed by atoms with Crippen LogP contribution in [0.4, 0.5) is 15.8 Å². The van der Waals surface area contributed by atoms with E-state index < -0.39 is 11.7 Å². The average Bonchev–Trinajstić information content (AvgIpc) is 2.34. The number of amides is 1. The van der Waals surface area contributed by atoms with E-state index in [-0.39, 0.29) is 22.8 Å². The molecule has 0 aliphatic heterocycles. The summed E-state index contributed by atoms with van der Waals surface area (Å²) in [5, 5.41) is 11.8. The summed E-state index contributed by atoms with van der Waals surface area (Å²) < 4.78 is 13.0. The maximum atomic E-state index is 13.0. The van der Waals surface area contributed by atoms with Gasteiger partial charge in [-0.15, -0.1) is 0 Å². The van der Waals surface area contributed by atoms with Crippen molar-refractivity contribution in [1.82, 2.24) is 4.98 Å². The van der Waals surface area contributed by atoms with Crippen LogP contribution in [0, 0.1) is 5.82 Å². The minimum atomic E-state index is -0.662. The first-order chi connectivity index (χ1) is 8.58. The van der Waals surface area contributed by atoms with Crippen molar-refractivity contribution < 1.29 is 14.3 Å². The molecule has 0 saturated heterocycles. The molecule has 0 unspecified atom stereocenters. The highest BCUT2D eigenvalue weighted by molar-refractivity contribution is 6.06. The van der Waals surface area contributed by atoms with E-state index in [2.05, 4.69) is 10.3 Å². The van der Waals surface area contributed by atoms with Gasteiger partial charge in [-0.1, -0.05) is 0 Å². The van der Waals surface area contributed by atoms with E-state index in [0.717, 1.165) is 6.07 Å². The van der Waals surface area contributed by atoms with Gasteiger partial charge in [0.1, 0.15) is 11.6 Å². The number of nitrogen functional groups attached to an aromatic ring is 1. The molecule has 0 bridgehead atoms. The molecule has 0 atom stereocenters. The molecule has 5 nitrogen and oxygen atoms in total. The minimum absolute atomic E-state index is 0.130. The molecule has 1 amide bonds. The molecule has 92 valence electrons. The Labute approximate surface area is 102 Å². The third kappa shape index (κ3) is 2.37. The molecule has 0 saturated carbocycles. The van der Waals surface area contributed by atoms with Gasteiger partial charge in [0.15, 0.2) is 5.69 Å². The molecule has 4 N–H and O–H groups in total. The zero-order valence-electron chi connectivity index (χ0n) is 9.22. The van der Waals surface area contributed by atoms with E-state index in [1.165, 1.54) is 30.5 Å². The molecule has 1 aromatic carbocycles. The number of aromatic nitrogens is 1. The van der Waals surface area contributed by atoms with Crippen molar-refractivity contribution >= 4 is 17.3 Å². The SMILES string of the molecule is Nc1ccc(F)cc1NC(=O)c1ncccc1O. The van der Waals surface area contributed by atoms with Crippen LogP contribution in [0.25, 0.3) is 0 Å². The Balaban J connectivity index is 2.27. The molecule has 18 heavy (non-hydrogen) atoms. The number of anilines is 2. The molecule has 2 aromatic rings. The predicted octanol–water partition coefficient (Wildman–Crippen LogP) is 1.76. The van der Waals surface area contributed by atoms with E-state index >= 15 is 0 Å². The van der Waals surface area contributed by atoms with Crippen LogP contribution in [0.15, 0.2) is 36.5 Å². The van der Waals surface area contributed by atoms with Crippen molar-refractivity contribution in [1.29, 1.82) is 0 Å². The molecule has 6 heteroatoms. The fourth-order valence-electron chi connectivity index (χ4n) is 1.39. The number of aromatic hydroxyl groups is 1. The molecular formula is C12H10FN3O2. The van der Waals surface area contributed by atoms with Crippen LogP contribution in [-0.2, 0) is 0 Å². The summed E-state index contributed by atoms with van der Waals surface area (Å²) in [7, 11) is 0. The van der Waals surface area contributed by atoms with Crippen molar-refractivity contribution in [3.63, 3.8) is 0 Å². The number of nitrogens with zero attached hydrogens (tertiary/aromatic N) is 1. The Bertz CT molecular complexity index is 602. The fourth-order valence-corrected chi connectivity index (χ4v) is 1.39. The van der Waals surface area contributed by atoms with Gasteiger partial charge >= 0.3 is 0 Å². The topological polar surface area (TPSA) is 88.2 Å². The van der Waals surface area contributed by atoms with Crippen molar-refractivity contribution in [2.75, 3.05) is 11.1 Å². The standard InChI is InChI=1S/C12H10FN3O2/c13-7-3-4-8(14)9(6-7)16-12(18)11-10(17)2-1-5-15-11/h1-6,17H,14H2,(H,16,18). The molecular weight excluding hydrogens is 237 g/mol. The number of nitrogens with one attached hydrogen (secondary N) is 1. The highest BCUT2D eigenvalue weighted by Gasteiger charge is 2.13. The maximum Gasteiger partial charge on any atom is 0.278 e. The third-order valence-electron chi connectivity index (χ3n) is 2.27. The number of hydrogen-bond donors (Lipinski definition) is 3. The van der Waals surface area contributed by atoms with Crippen LogP contribution in [0.5, 0.6) is 5.75 Å². The lowest BCUT2D eigenvalue weighted by Crippen LogP contribution is -2.15. The second-order valence-corrected chi connectivity index (χ2v) is 3.56. The average molecular weight is 247 g/mol. The minimum Gasteiger partial charge on any atom is -0.505 e. The molecule has 0 radical (unpaired) electrons. The van der Waals surface area contributed by atoms with Crippen molar-refractivity contribution in [2.24, 2.45) is 0 Å². The van der Waals surface area contributed by atoms with Gasteiger partial charge in [-0.3, -0.25) is 4.79 Å². The Morgan fingerprint density at radius 2 is 2.17 bits per heavy atom. The van der Waals surface area contributed by atoms with Gasteiger partial charge in [0.05, 0.1) is 11.4 Å². The lowest BCUT2D eigenvalue weighted by Gasteiger charge is -2.08. The van der Waals surface area contributed by atoms with Gasteiger partial charge in [0.25, 0.3) is 5.91 Å². The summed E-state index contributed by atoms with van der Waals surface area (Å²) >= 11 is 0.